The zero-order chi connectivity index (χ0) is 20.3. The Kier molecular flexibility index (Phi) is 13.1. The number of aliphatic carboxylic acids is 1. The molecule has 0 aliphatic carbocycles. The molecule has 13 heteroatoms. The first-order valence-corrected chi connectivity index (χ1v) is 6.64. The highest BCUT2D eigenvalue weighted by Gasteiger charge is 2.34. The van der Waals surface area contributed by atoms with Crippen LogP contribution in [0.15, 0.2) is 0 Å². The summed E-state index contributed by atoms with van der Waals surface area (Å²) in [7, 11) is 0. The smallest absolute Gasteiger partial charge is 0.335 e. The van der Waals surface area contributed by atoms with E-state index in [4.69, 9.17) is 51.1 Å². The Hall–Kier alpha value is -1.55. The van der Waals surface area contributed by atoms with Crippen molar-refractivity contribution in [2.75, 3.05) is 6.61 Å². The third-order valence-electron chi connectivity index (χ3n) is 2.84. The number of hydrogen-bond donors (Lipinski definition) is 10. The van der Waals surface area contributed by atoms with Crippen LogP contribution in [-0.2, 0) is 14.4 Å². The highest BCUT2D eigenvalue weighted by atomic mass is 16.4. The summed E-state index contributed by atoms with van der Waals surface area (Å²) in [5, 5.41) is 86.7. The molecular formula is C12H22O13. The summed E-state index contributed by atoms with van der Waals surface area (Å²) in [6, 6.07) is 0. The molecule has 0 aliphatic heterocycles. The van der Waals surface area contributed by atoms with Gasteiger partial charge in [-0.1, -0.05) is 0 Å². The molecule has 0 rings (SSSR count). The number of aliphatic hydroxyl groups is 9. The number of aliphatic hydroxyl groups excluding tert-OH is 9. The third kappa shape index (κ3) is 8.92. The van der Waals surface area contributed by atoms with Gasteiger partial charge in [-0.3, -0.25) is 0 Å². The average Bonchev–Trinajstić information content (AvgIpc) is 2.62. The fraction of sp³-hybridized carbons (Fsp3) is 0.750. The SMILES string of the molecule is O=C[C@@H](O)[C@@H](O)[C@H](O)[C@H](O)CO.O=C[C@H](O)[C@@H](O)[C@@H](O)[C@H](O)C(=O)O. The summed E-state index contributed by atoms with van der Waals surface area (Å²) in [5.74, 6) is -1.76. The Balaban J connectivity index is 0. The van der Waals surface area contributed by atoms with Crippen LogP contribution in [0.4, 0.5) is 0 Å². The molecule has 0 amide bonds. The second kappa shape index (κ2) is 12.8. The summed E-state index contributed by atoms with van der Waals surface area (Å²) < 4.78 is 0. The molecule has 10 N–H and O–H groups in total. The van der Waals surface area contributed by atoms with Crippen LogP contribution in [0.25, 0.3) is 0 Å². The van der Waals surface area contributed by atoms with Gasteiger partial charge in [-0.25, -0.2) is 4.79 Å². The topological polar surface area (TPSA) is 254 Å². The second-order valence-corrected chi connectivity index (χ2v) is 4.75. The van der Waals surface area contributed by atoms with E-state index in [-0.39, 0.29) is 12.6 Å². The van der Waals surface area contributed by atoms with Gasteiger partial charge in [0.1, 0.15) is 42.7 Å². The van der Waals surface area contributed by atoms with E-state index >= 15 is 0 Å². The number of aldehydes is 2. The summed E-state index contributed by atoms with van der Waals surface area (Å²) in [5.41, 5.74) is 0. The number of carboxylic acid groups (broad SMARTS) is 1. The van der Waals surface area contributed by atoms with Gasteiger partial charge in [0.2, 0.25) is 0 Å². The summed E-state index contributed by atoms with van der Waals surface area (Å²) in [6.07, 6.45) is -15.2. The van der Waals surface area contributed by atoms with Gasteiger partial charge in [-0.15, -0.1) is 0 Å². The van der Waals surface area contributed by atoms with Crippen LogP contribution in [0.5, 0.6) is 0 Å². The van der Waals surface area contributed by atoms with E-state index in [1.54, 1.807) is 0 Å². The maximum absolute atomic E-state index is 10.1. The van der Waals surface area contributed by atoms with E-state index in [1.165, 1.54) is 0 Å². The Morgan fingerprint density at radius 2 is 1.08 bits per heavy atom. The van der Waals surface area contributed by atoms with Gasteiger partial charge in [-0.2, -0.15) is 0 Å². The van der Waals surface area contributed by atoms with Gasteiger partial charge in [0.15, 0.2) is 18.7 Å². The molecule has 0 radical (unpaired) electrons. The first-order valence-electron chi connectivity index (χ1n) is 6.64. The van der Waals surface area contributed by atoms with E-state index < -0.39 is 61.4 Å². The molecule has 148 valence electrons. The first-order chi connectivity index (χ1) is 11.5. The minimum Gasteiger partial charge on any atom is -0.479 e. The van der Waals surface area contributed by atoms with Crippen LogP contribution in [0.3, 0.4) is 0 Å². The van der Waals surface area contributed by atoms with Gasteiger partial charge in [0.25, 0.3) is 0 Å². The van der Waals surface area contributed by atoms with Gasteiger partial charge in [0.05, 0.1) is 6.61 Å². The number of rotatable bonds is 10. The molecule has 0 fully saturated rings. The second-order valence-electron chi connectivity index (χ2n) is 4.75. The van der Waals surface area contributed by atoms with Gasteiger partial charge in [-0.05, 0) is 0 Å². The minimum atomic E-state index is -2.25. The molecule has 13 nitrogen and oxygen atoms in total. The molecule has 8 atom stereocenters. The lowest BCUT2D eigenvalue weighted by Crippen LogP contribution is -2.48. The van der Waals surface area contributed by atoms with E-state index in [0.717, 1.165) is 0 Å². The molecular weight excluding hydrogens is 352 g/mol. The van der Waals surface area contributed by atoms with Gasteiger partial charge in [0, 0.05) is 0 Å². The molecule has 0 aromatic heterocycles. The Labute approximate surface area is 140 Å². The minimum absolute atomic E-state index is 0.0258. The molecule has 0 aromatic carbocycles. The van der Waals surface area contributed by atoms with Crippen LogP contribution < -0.4 is 0 Å². The van der Waals surface area contributed by atoms with Gasteiger partial charge >= 0.3 is 5.97 Å². The molecule has 0 saturated carbocycles. The fourth-order valence-corrected chi connectivity index (χ4v) is 1.23. The third-order valence-corrected chi connectivity index (χ3v) is 2.84. The van der Waals surface area contributed by atoms with E-state index in [0.29, 0.717) is 0 Å². The number of hydrogen-bond acceptors (Lipinski definition) is 12. The summed E-state index contributed by atoms with van der Waals surface area (Å²) in [6.45, 7) is -0.760. The van der Waals surface area contributed by atoms with Crippen molar-refractivity contribution in [3.63, 3.8) is 0 Å². The Bertz CT molecular complexity index is 402. The number of carbonyl (C=O) groups is 3. The quantitative estimate of drug-likeness (QED) is 0.160. The Morgan fingerprint density at radius 3 is 1.36 bits per heavy atom. The maximum atomic E-state index is 10.1. The predicted molar refractivity (Wildman–Crippen MR) is 74.9 cm³/mol. The lowest BCUT2D eigenvalue weighted by Gasteiger charge is -2.22. The molecule has 0 unspecified atom stereocenters. The zero-order valence-electron chi connectivity index (χ0n) is 12.7. The molecule has 0 saturated heterocycles. The summed E-state index contributed by atoms with van der Waals surface area (Å²) in [4.78, 5) is 29.9. The normalized spacial score (nSPS) is 20.5. The molecule has 0 bridgehead atoms. The lowest BCUT2D eigenvalue weighted by atomic mass is 10.0. The van der Waals surface area contributed by atoms with Crippen LogP contribution in [-0.4, -0.2) is 125 Å². The van der Waals surface area contributed by atoms with Crippen molar-refractivity contribution in [3.8, 4) is 0 Å². The van der Waals surface area contributed by atoms with Crippen molar-refractivity contribution in [1.82, 2.24) is 0 Å². The molecule has 0 heterocycles. The Morgan fingerprint density at radius 1 is 0.720 bits per heavy atom. The van der Waals surface area contributed by atoms with E-state index in [1.807, 2.05) is 0 Å². The van der Waals surface area contributed by atoms with Crippen molar-refractivity contribution >= 4 is 18.5 Å². The lowest BCUT2D eigenvalue weighted by molar-refractivity contribution is -0.163. The monoisotopic (exact) mass is 374 g/mol. The molecule has 0 spiro atoms. The standard InChI is InChI=1S/C6H10O7.C6H12O6/c7-1-2(8)3(9)4(10)5(11)6(12)13;7-1-3(9)5(11)6(12)4(10)2-8/h1-5,8-11H,(H,12,13);1,3-6,8-12H,2H2/t2-,3+,4+,5-;3-,4-,5-,6-/m01/s1. The largest absolute Gasteiger partial charge is 0.479 e. The maximum Gasteiger partial charge on any atom is 0.335 e. The molecule has 25 heavy (non-hydrogen) atoms. The van der Waals surface area contributed by atoms with Crippen LogP contribution in [0, 0.1) is 0 Å². The van der Waals surface area contributed by atoms with E-state index in [2.05, 4.69) is 0 Å². The molecule has 0 aliphatic rings. The van der Waals surface area contributed by atoms with Crippen LogP contribution in [0.2, 0.25) is 0 Å². The van der Waals surface area contributed by atoms with Crippen molar-refractivity contribution < 1.29 is 65.4 Å². The predicted octanol–water partition coefficient (Wildman–Crippen LogP) is -6.67. The highest BCUT2D eigenvalue weighted by molar-refractivity contribution is 5.73. The van der Waals surface area contributed by atoms with Crippen LogP contribution in [0.1, 0.15) is 0 Å². The van der Waals surface area contributed by atoms with Crippen molar-refractivity contribution in [3.05, 3.63) is 0 Å². The number of carboxylic acids is 1. The summed E-state index contributed by atoms with van der Waals surface area (Å²) >= 11 is 0. The fourth-order valence-electron chi connectivity index (χ4n) is 1.23. The van der Waals surface area contributed by atoms with Gasteiger partial charge < -0.3 is 60.7 Å². The van der Waals surface area contributed by atoms with Crippen LogP contribution >= 0.6 is 0 Å². The molecule has 0 aromatic rings. The average molecular weight is 374 g/mol. The van der Waals surface area contributed by atoms with Crippen molar-refractivity contribution in [2.45, 2.75) is 48.8 Å². The number of carbonyl (C=O) groups excluding carboxylic acids is 2. The van der Waals surface area contributed by atoms with Crippen molar-refractivity contribution in [2.24, 2.45) is 0 Å². The van der Waals surface area contributed by atoms with E-state index in [9.17, 15) is 14.4 Å². The zero-order valence-corrected chi connectivity index (χ0v) is 12.7. The van der Waals surface area contributed by atoms with Crippen molar-refractivity contribution in [1.29, 1.82) is 0 Å². The highest BCUT2D eigenvalue weighted by Crippen LogP contribution is 2.04. The first kappa shape index (κ1) is 25.7.